The van der Waals surface area contributed by atoms with Crippen molar-refractivity contribution in [2.45, 2.75) is 19.5 Å². The number of halogens is 3. The van der Waals surface area contributed by atoms with Gasteiger partial charge in [-0.3, -0.25) is 4.79 Å². The van der Waals surface area contributed by atoms with Crippen molar-refractivity contribution in [3.63, 3.8) is 0 Å². The number of aryl methyl sites for hydroxylation is 1. The lowest BCUT2D eigenvalue weighted by atomic mass is 10.1. The third-order valence-electron chi connectivity index (χ3n) is 2.02. The first-order chi connectivity index (χ1) is 7.67. The van der Waals surface area contributed by atoms with Crippen LogP contribution in [-0.2, 0) is 6.42 Å². The van der Waals surface area contributed by atoms with E-state index in [2.05, 4.69) is 20.7 Å². The summed E-state index contributed by atoms with van der Waals surface area (Å²) in [5, 5.41) is 0.841. The fourth-order valence-electron chi connectivity index (χ4n) is 1.30. The molecule has 5 heteroatoms. The zero-order valence-corrected chi connectivity index (χ0v) is 10.0. The van der Waals surface area contributed by atoms with E-state index in [1.807, 2.05) is 0 Å². The average Bonchev–Trinajstić information content (AvgIpc) is 2.26. The van der Waals surface area contributed by atoms with Crippen LogP contribution in [0.5, 0.6) is 5.75 Å². The molecule has 0 spiro atoms. The van der Waals surface area contributed by atoms with E-state index in [9.17, 15) is 13.6 Å². The summed E-state index contributed by atoms with van der Waals surface area (Å²) in [6.45, 7) is -2.91. The van der Waals surface area contributed by atoms with Gasteiger partial charge in [-0.05, 0) is 30.5 Å². The van der Waals surface area contributed by atoms with Crippen LogP contribution < -0.4 is 4.74 Å². The second-order valence-corrected chi connectivity index (χ2v) is 3.95. The van der Waals surface area contributed by atoms with Gasteiger partial charge in [0.2, 0.25) is 0 Å². The van der Waals surface area contributed by atoms with Crippen molar-refractivity contribution in [2.75, 3.05) is 5.33 Å². The van der Waals surface area contributed by atoms with E-state index in [0.29, 0.717) is 6.29 Å². The van der Waals surface area contributed by atoms with E-state index in [-0.39, 0.29) is 11.3 Å². The Kier molecular flexibility index (Phi) is 5.38. The molecule has 1 rings (SSSR count). The van der Waals surface area contributed by atoms with E-state index in [0.717, 1.165) is 23.7 Å². The van der Waals surface area contributed by atoms with Gasteiger partial charge in [-0.25, -0.2) is 0 Å². The van der Waals surface area contributed by atoms with Crippen molar-refractivity contribution < 1.29 is 18.3 Å². The lowest BCUT2D eigenvalue weighted by Gasteiger charge is -2.09. The number of ether oxygens (including phenoxy) is 1. The molecule has 0 amide bonds. The highest BCUT2D eigenvalue weighted by molar-refractivity contribution is 9.09. The number of benzene rings is 1. The highest BCUT2D eigenvalue weighted by Gasteiger charge is 2.10. The molecule has 0 unspecified atom stereocenters. The second-order valence-electron chi connectivity index (χ2n) is 3.16. The Labute approximate surface area is 101 Å². The summed E-state index contributed by atoms with van der Waals surface area (Å²) >= 11 is 3.29. The number of hydrogen-bond acceptors (Lipinski definition) is 2. The summed E-state index contributed by atoms with van der Waals surface area (Å²) in [6, 6.07) is 4.72. The van der Waals surface area contributed by atoms with Gasteiger partial charge in [0.25, 0.3) is 0 Å². The van der Waals surface area contributed by atoms with Crippen LogP contribution in [0.3, 0.4) is 0 Å². The van der Waals surface area contributed by atoms with E-state index >= 15 is 0 Å². The number of alkyl halides is 3. The Bertz CT molecular complexity index is 356. The number of hydrogen-bond donors (Lipinski definition) is 0. The zero-order chi connectivity index (χ0) is 12.0. The molecule has 1 aromatic rings. The predicted molar refractivity (Wildman–Crippen MR) is 60.6 cm³/mol. The lowest BCUT2D eigenvalue weighted by Crippen LogP contribution is -2.05. The zero-order valence-electron chi connectivity index (χ0n) is 8.46. The summed E-state index contributed by atoms with van der Waals surface area (Å²) < 4.78 is 28.4. The quantitative estimate of drug-likeness (QED) is 0.593. The maximum Gasteiger partial charge on any atom is 0.387 e. The molecule has 1 aromatic carbocycles. The Morgan fingerprint density at radius 1 is 1.44 bits per heavy atom. The van der Waals surface area contributed by atoms with Crippen molar-refractivity contribution in [3.05, 3.63) is 29.3 Å². The summed E-state index contributed by atoms with van der Waals surface area (Å²) in [6.07, 6.45) is 2.16. The average molecular weight is 293 g/mol. The molecule has 0 aliphatic carbocycles. The van der Waals surface area contributed by atoms with Crippen LogP contribution in [0.2, 0.25) is 0 Å². The Morgan fingerprint density at radius 3 is 2.75 bits per heavy atom. The van der Waals surface area contributed by atoms with E-state index < -0.39 is 6.61 Å². The monoisotopic (exact) mass is 292 g/mol. The Hall–Kier alpha value is -0.970. The van der Waals surface area contributed by atoms with E-state index in [1.54, 1.807) is 6.07 Å². The standard InChI is InChI=1S/C11H11BrF2O2/c12-5-1-2-8-3-4-9(7-15)10(6-8)16-11(13)14/h3-4,6-7,11H,1-2,5H2. The van der Waals surface area contributed by atoms with Crippen molar-refractivity contribution in [2.24, 2.45) is 0 Å². The van der Waals surface area contributed by atoms with Crippen LogP contribution in [0.4, 0.5) is 8.78 Å². The molecule has 0 bridgehead atoms. The first-order valence-electron chi connectivity index (χ1n) is 4.76. The smallest absolute Gasteiger partial charge is 0.387 e. The molecule has 0 N–H and O–H groups in total. The molecule has 2 nitrogen and oxygen atoms in total. The van der Waals surface area contributed by atoms with Gasteiger partial charge >= 0.3 is 6.61 Å². The summed E-state index contributed by atoms with van der Waals surface area (Å²) in [4.78, 5) is 10.6. The molecule has 88 valence electrons. The fraction of sp³-hybridized carbons (Fsp3) is 0.364. The number of carbonyl (C=O) groups excluding carboxylic acids is 1. The third-order valence-corrected chi connectivity index (χ3v) is 2.58. The number of rotatable bonds is 6. The van der Waals surface area contributed by atoms with E-state index in [4.69, 9.17) is 0 Å². The number of aldehydes is 1. The molecule has 0 saturated heterocycles. The van der Waals surface area contributed by atoms with Crippen LogP contribution in [0, 0.1) is 0 Å². The Morgan fingerprint density at radius 2 is 2.19 bits per heavy atom. The predicted octanol–water partition coefficient (Wildman–Crippen LogP) is 3.43. The normalized spacial score (nSPS) is 10.5. The molecule has 16 heavy (non-hydrogen) atoms. The summed E-state index contributed by atoms with van der Waals surface area (Å²) in [7, 11) is 0. The molecule has 0 aliphatic rings. The van der Waals surface area contributed by atoms with Gasteiger partial charge in [-0.1, -0.05) is 22.0 Å². The van der Waals surface area contributed by atoms with Gasteiger partial charge < -0.3 is 4.74 Å². The van der Waals surface area contributed by atoms with Gasteiger partial charge in [-0.15, -0.1) is 0 Å². The van der Waals surface area contributed by atoms with Crippen LogP contribution in [-0.4, -0.2) is 18.2 Å². The first-order valence-corrected chi connectivity index (χ1v) is 5.88. The van der Waals surface area contributed by atoms with Gasteiger partial charge in [-0.2, -0.15) is 8.78 Å². The van der Waals surface area contributed by atoms with Gasteiger partial charge in [0.05, 0.1) is 5.56 Å². The van der Waals surface area contributed by atoms with Crippen molar-refractivity contribution in [3.8, 4) is 5.75 Å². The van der Waals surface area contributed by atoms with E-state index in [1.165, 1.54) is 12.1 Å². The maximum absolute atomic E-state index is 12.1. The maximum atomic E-state index is 12.1. The molecule has 0 aromatic heterocycles. The van der Waals surface area contributed by atoms with Gasteiger partial charge in [0.15, 0.2) is 6.29 Å². The molecular weight excluding hydrogens is 282 g/mol. The molecule has 0 saturated carbocycles. The minimum absolute atomic E-state index is 0.0583. The largest absolute Gasteiger partial charge is 0.434 e. The van der Waals surface area contributed by atoms with Crippen LogP contribution in [0.15, 0.2) is 18.2 Å². The summed E-state index contributed by atoms with van der Waals surface area (Å²) in [5.74, 6) is -0.0583. The Balaban J connectivity index is 2.87. The molecule has 0 atom stereocenters. The summed E-state index contributed by atoms with van der Waals surface area (Å²) in [5.41, 5.74) is 1.02. The van der Waals surface area contributed by atoms with Crippen molar-refractivity contribution in [1.82, 2.24) is 0 Å². The van der Waals surface area contributed by atoms with Gasteiger partial charge in [0.1, 0.15) is 5.75 Å². The molecule has 0 heterocycles. The fourth-order valence-corrected chi connectivity index (χ4v) is 1.58. The first kappa shape index (κ1) is 13.1. The van der Waals surface area contributed by atoms with Gasteiger partial charge in [0, 0.05) is 5.33 Å². The van der Waals surface area contributed by atoms with Crippen LogP contribution in [0.1, 0.15) is 22.3 Å². The molecule has 0 radical (unpaired) electrons. The molecule has 0 aliphatic heterocycles. The number of carbonyl (C=O) groups is 1. The highest BCUT2D eigenvalue weighted by Crippen LogP contribution is 2.22. The van der Waals surface area contributed by atoms with Crippen LogP contribution in [0.25, 0.3) is 0 Å². The molecule has 0 fully saturated rings. The van der Waals surface area contributed by atoms with Crippen LogP contribution >= 0.6 is 15.9 Å². The van der Waals surface area contributed by atoms with Crippen molar-refractivity contribution in [1.29, 1.82) is 0 Å². The molecular formula is C11H11BrF2O2. The lowest BCUT2D eigenvalue weighted by molar-refractivity contribution is -0.0501. The third kappa shape index (κ3) is 3.89. The minimum Gasteiger partial charge on any atom is -0.434 e. The second kappa shape index (κ2) is 6.58. The minimum atomic E-state index is -2.91. The van der Waals surface area contributed by atoms with Crippen molar-refractivity contribution >= 4 is 22.2 Å². The topological polar surface area (TPSA) is 26.3 Å². The SMILES string of the molecule is O=Cc1ccc(CCCBr)cc1OC(F)F. The highest BCUT2D eigenvalue weighted by atomic mass is 79.9.